The van der Waals surface area contributed by atoms with Crippen LogP contribution in [0.25, 0.3) is 5.57 Å². The smallest absolute Gasteiger partial charge is 0.0422 e. The Morgan fingerprint density at radius 2 is 1.48 bits per heavy atom. The van der Waals surface area contributed by atoms with Crippen molar-refractivity contribution in [1.82, 2.24) is 0 Å². The Balaban J connectivity index is 0.00000112. The normalized spacial score (nSPS) is 10.3. The Bertz CT molecular complexity index is 549. The Labute approximate surface area is 156 Å². The van der Waals surface area contributed by atoms with E-state index in [0.717, 1.165) is 15.7 Å². The molecule has 0 amide bonds. The van der Waals surface area contributed by atoms with E-state index >= 15 is 0 Å². The zero-order chi connectivity index (χ0) is 17.7. The number of para-hydroxylation sites is 1. The molecule has 0 aliphatic carbocycles. The van der Waals surface area contributed by atoms with Gasteiger partial charge in [-0.15, -0.1) is 0 Å². The number of alkyl halides is 1. The van der Waals surface area contributed by atoms with Crippen LogP contribution in [0.15, 0.2) is 61.2 Å². The molecule has 0 aliphatic heterocycles. The number of benzene rings is 2. The minimum absolute atomic E-state index is 0.449. The van der Waals surface area contributed by atoms with Crippen LogP contribution in [0.5, 0.6) is 0 Å². The van der Waals surface area contributed by atoms with Crippen LogP contribution < -0.4 is 5.32 Å². The van der Waals surface area contributed by atoms with Crippen molar-refractivity contribution in [2.45, 2.75) is 40.7 Å². The van der Waals surface area contributed by atoms with Gasteiger partial charge in [-0.3, -0.25) is 0 Å². The minimum Gasteiger partial charge on any atom is -0.381 e. The lowest BCUT2D eigenvalue weighted by molar-refractivity contribution is 0.927. The van der Waals surface area contributed by atoms with Gasteiger partial charge in [-0.25, -0.2) is 0 Å². The molecular weight excluding hydrogens is 393 g/mol. The van der Waals surface area contributed by atoms with Crippen LogP contribution in [-0.2, 0) is 0 Å². The SMILES string of the molecule is C=C(c1ccccc1)c1ccccc1NC(C)CI.CC.CC. The van der Waals surface area contributed by atoms with Gasteiger partial charge in [-0.05, 0) is 24.1 Å². The quantitative estimate of drug-likeness (QED) is 0.402. The molecule has 0 aromatic heterocycles. The maximum atomic E-state index is 4.25. The van der Waals surface area contributed by atoms with Crippen LogP contribution in [0, 0.1) is 0 Å². The number of hydrogen-bond donors (Lipinski definition) is 1. The lowest BCUT2D eigenvalue weighted by atomic mass is 9.98. The first kappa shape index (κ1) is 21.7. The van der Waals surface area contributed by atoms with Crippen LogP contribution in [0.3, 0.4) is 0 Å². The number of rotatable bonds is 5. The van der Waals surface area contributed by atoms with Gasteiger partial charge in [0.1, 0.15) is 0 Å². The molecule has 0 fully saturated rings. The van der Waals surface area contributed by atoms with Gasteiger partial charge in [0, 0.05) is 21.7 Å². The Morgan fingerprint density at radius 1 is 0.957 bits per heavy atom. The van der Waals surface area contributed by atoms with E-state index in [4.69, 9.17) is 0 Å². The first-order valence-electron chi connectivity index (χ1n) is 8.38. The zero-order valence-corrected chi connectivity index (χ0v) is 17.2. The van der Waals surface area contributed by atoms with Crippen LogP contribution >= 0.6 is 22.6 Å². The first-order chi connectivity index (χ1) is 11.2. The molecule has 0 bridgehead atoms. The number of hydrogen-bond acceptors (Lipinski definition) is 1. The lowest BCUT2D eigenvalue weighted by Gasteiger charge is -2.17. The van der Waals surface area contributed by atoms with E-state index in [9.17, 15) is 0 Å². The summed E-state index contributed by atoms with van der Waals surface area (Å²) in [6, 6.07) is 19.1. The summed E-state index contributed by atoms with van der Waals surface area (Å²) in [5.41, 5.74) is 4.55. The molecule has 126 valence electrons. The highest BCUT2D eigenvalue weighted by atomic mass is 127. The van der Waals surface area contributed by atoms with Crippen molar-refractivity contribution < 1.29 is 0 Å². The molecule has 0 radical (unpaired) electrons. The number of halogens is 1. The molecule has 1 atom stereocenters. The molecule has 2 rings (SSSR count). The molecule has 2 aromatic rings. The lowest BCUT2D eigenvalue weighted by Crippen LogP contribution is -2.17. The predicted octanol–water partition coefficient (Wildman–Crippen LogP) is 7.04. The molecule has 0 aliphatic rings. The molecule has 0 saturated heterocycles. The minimum atomic E-state index is 0.449. The Morgan fingerprint density at radius 3 is 2.04 bits per heavy atom. The van der Waals surface area contributed by atoms with Crippen LogP contribution in [0.1, 0.15) is 45.7 Å². The van der Waals surface area contributed by atoms with Gasteiger partial charge in [0.15, 0.2) is 0 Å². The highest BCUT2D eigenvalue weighted by Gasteiger charge is 2.09. The third-order valence-corrected chi connectivity index (χ3v) is 4.33. The van der Waals surface area contributed by atoms with Gasteiger partial charge >= 0.3 is 0 Å². The van der Waals surface area contributed by atoms with Crippen molar-refractivity contribution >= 4 is 33.9 Å². The van der Waals surface area contributed by atoms with E-state index in [2.05, 4.69) is 77.8 Å². The third kappa shape index (κ3) is 7.21. The van der Waals surface area contributed by atoms with E-state index in [0.29, 0.717) is 6.04 Å². The summed E-state index contributed by atoms with van der Waals surface area (Å²) < 4.78 is 1.07. The maximum absolute atomic E-state index is 4.25. The summed E-state index contributed by atoms with van der Waals surface area (Å²) in [6.45, 7) is 14.4. The van der Waals surface area contributed by atoms with Gasteiger partial charge in [-0.2, -0.15) is 0 Å². The van der Waals surface area contributed by atoms with Gasteiger partial charge in [-0.1, -0.05) is 105 Å². The zero-order valence-electron chi connectivity index (χ0n) is 15.1. The Kier molecular flexibility index (Phi) is 12.4. The second-order valence-corrected chi connectivity index (χ2v) is 5.47. The molecule has 1 N–H and O–H groups in total. The third-order valence-electron chi connectivity index (χ3n) is 3.01. The highest BCUT2D eigenvalue weighted by Crippen LogP contribution is 2.28. The molecular formula is C21H30IN. The summed E-state index contributed by atoms with van der Waals surface area (Å²) >= 11 is 2.40. The molecule has 2 heteroatoms. The fourth-order valence-corrected chi connectivity index (χ4v) is 2.19. The summed E-state index contributed by atoms with van der Waals surface area (Å²) in [5.74, 6) is 0. The van der Waals surface area contributed by atoms with Crippen LogP contribution in [-0.4, -0.2) is 10.5 Å². The molecule has 0 heterocycles. The second-order valence-electron chi connectivity index (χ2n) is 4.59. The standard InChI is InChI=1S/C17H18IN.2C2H6/c1-13(12-18)19-17-11-7-6-10-16(17)14(2)15-8-4-3-5-9-15;2*1-2/h3-11,13,19H,2,12H2,1H3;2*1-2H3. The number of anilines is 1. The summed E-state index contributed by atoms with van der Waals surface area (Å²) in [7, 11) is 0. The monoisotopic (exact) mass is 423 g/mol. The molecule has 2 aromatic carbocycles. The van der Waals surface area contributed by atoms with Crippen molar-refractivity contribution in [3.63, 3.8) is 0 Å². The van der Waals surface area contributed by atoms with Crippen molar-refractivity contribution in [2.24, 2.45) is 0 Å². The summed E-state index contributed by atoms with van der Waals surface area (Å²) in [4.78, 5) is 0. The maximum Gasteiger partial charge on any atom is 0.0422 e. The van der Waals surface area contributed by atoms with E-state index in [1.54, 1.807) is 0 Å². The summed E-state index contributed by atoms with van der Waals surface area (Å²) in [6.07, 6.45) is 0. The summed E-state index contributed by atoms with van der Waals surface area (Å²) in [5, 5.41) is 3.54. The van der Waals surface area contributed by atoms with Gasteiger partial charge in [0.05, 0.1) is 0 Å². The van der Waals surface area contributed by atoms with E-state index < -0.39 is 0 Å². The second kappa shape index (κ2) is 13.2. The average Bonchev–Trinajstić information content (AvgIpc) is 2.65. The molecule has 1 nitrogen and oxygen atoms in total. The predicted molar refractivity (Wildman–Crippen MR) is 116 cm³/mol. The van der Waals surface area contributed by atoms with Crippen LogP contribution in [0.2, 0.25) is 0 Å². The van der Waals surface area contributed by atoms with E-state index in [1.807, 2.05) is 45.9 Å². The van der Waals surface area contributed by atoms with Crippen molar-refractivity contribution in [3.8, 4) is 0 Å². The van der Waals surface area contributed by atoms with Gasteiger partial charge in [0.25, 0.3) is 0 Å². The van der Waals surface area contributed by atoms with Crippen molar-refractivity contribution in [2.75, 3.05) is 9.74 Å². The Hall–Kier alpha value is -1.29. The fraction of sp³-hybridized carbons (Fsp3) is 0.333. The average molecular weight is 423 g/mol. The number of nitrogens with one attached hydrogen (secondary N) is 1. The van der Waals surface area contributed by atoms with Gasteiger partial charge < -0.3 is 5.32 Å². The highest BCUT2D eigenvalue weighted by molar-refractivity contribution is 14.1. The first-order valence-corrected chi connectivity index (χ1v) is 9.91. The molecule has 23 heavy (non-hydrogen) atoms. The van der Waals surface area contributed by atoms with Crippen LogP contribution in [0.4, 0.5) is 5.69 Å². The van der Waals surface area contributed by atoms with E-state index in [1.165, 1.54) is 11.1 Å². The fourth-order valence-electron chi connectivity index (χ4n) is 1.97. The van der Waals surface area contributed by atoms with E-state index in [-0.39, 0.29) is 0 Å². The molecule has 1 unspecified atom stereocenters. The molecule has 0 saturated carbocycles. The van der Waals surface area contributed by atoms with Gasteiger partial charge in [0.2, 0.25) is 0 Å². The van der Waals surface area contributed by atoms with Crippen molar-refractivity contribution in [1.29, 1.82) is 0 Å². The van der Waals surface area contributed by atoms with Crippen molar-refractivity contribution in [3.05, 3.63) is 72.3 Å². The molecule has 0 spiro atoms. The largest absolute Gasteiger partial charge is 0.381 e. The topological polar surface area (TPSA) is 12.0 Å².